The molecule has 1 aliphatic rings. The van der Waals surface area contributed by atoms with E-state index < -0.39 is 0 Å². The molecule has 0 saturated carbocycles. The zero-order valence-electron chi connectivity index (χ0n) is 14.1. The van der Waals surface area contributed by atoms with Crippen molar-refractivity contribution in [1.82, 2.24) is 19.6 Å². The maximum absolute atomic E-state index is 13.1. The molecule has 0 unspecified atom stereocenters. The van der Waals surface area contributed by atoms with Crippen molar-refractivity contribution in [2.24, 2.45) is 7.05 Å². The van der Waals surface area contributed by atoms with Crippen LogP contribution < -0.4 is 0 Å². The van der Waals surface area contributed by atoms with Crippen molar-refractivity contribution in [2.75, 3.05) is 26.2 Å². The summed E-state index contributed by atoms with van der Waals surface area (Å²) < 4.78 is 14.7. The summed E-state index contributed by atoms with van der Waals surface area (Å²) in [5, 5.41) is 5.05. The molecule has 1 fully saturated rings. The molecule has 25 heavy (non-hydrogen) atoms. The van der Waals surface area contributed by atoms with Crippen LogP contribution in [0.3, 0.4) is 0 Å². The van der Waals surface area contributed by atoms with E-state index in [1.807, 2.05) is 6.92 Å². The van der Waals surface area contributed by atoms with Crippen LogP contribution in [-0.4, -0.2) is 51.7 Å². The average Bonchev–Trinajstić information content (AvgIpc) is 2.85. The third kappa shape index (κ3) is 3.81. The number of halogens is 3. The SMILES string of the molecule is Cc1c(Cl)c(C(=O)N2CCN(Cc3ccc(F)cc3Cl)CC2)nn1C. The zero-order chi connectivity index (χ0) is 18.1. The number of nitrogens with zero attached hydrogens (tertiary/aromatic N) is 4. The summed E-state index contributed by atoms with van der Waals surface area (Å²) >= 11 is 12.3. The third-order valence-electron chi connectivity index (χ3n) is 4.53. The number of rotatable bonds is 3. The second-order valence-corrected chi connectivity index (χ2v) is 6.96. The number of carbonyl (C=O) groups is 1. The minimum absolute atomic E-state index is 0.145. The largest absolute Gasteiger partial charge is 0.335 e. The van der Waals surface area contributed by atoms with Crippen LogP contribution in [0.1, 0.15) is 21.7 Å². The number of amides is 1. The molecule has 5 nitrogen and oxygen atoms in total. The van der Waals surface area contributed by atoms with Crippen molar-refractivity contribution in [3.63, 3.8) is 0 Å². The van der Waals surface area contributed by atoms with E-state index in [-0.39, 0.29) is 11.7 Å². The van der Waals surface area contributed by atoms with Gasteiger partial charge < -0.3 is 4.90 Å². The lowest BCUT2D eigenvalue weighted by Crippen LogP contribution is -2.48. The molecule has 8 heteroatoms. The van der Waals surface area contributed by atoms with Crippen LogP contribution in [-0.2, 0) is 13.6 Å². The standard InChI is InChI=1S/C17H19Cl2FN4O/c1-11-15(19)16(21-22(11)2)17(25)24-7-5-23(6-8-24)10-12-3-4-13(20)9-14(12)18/h3-4,9H,5-8,10H2,1-2H3. The van der Waals surface area contributed by atoms with Crippen LogP contribution in [0.15, 0.2) is 18.2 Å². The van der Waals surface area contributed by atoms with Gasteiger partial charge in [0.05, 0.1) is 10.7 Å². The molecular formula is C17H19Cl2FN4O. The zero-order valence-corrected chi connectivity index (χ0v) is 15.6. The first kappa shape index (κ1) is 18.2. The highest BCUT2D eigenvalue weighted by Crippen LogP contribution is 2.22. The Kier molecular flexibility index (Phi) is 5.32. The van der Waals surface area contributed by atoms with Crippen molar-refractivity contribution in [3.05, 3.63) is 51.0 Å². The van der Waals surface area contributed by atoms with Gasteiger partial charge in [0.25, 0.3) is 5.91 Å². The Hall–Kier alpha value is -1.63. The number of aromatic nitrogens is 2. The topological polar surface area (TPSA) is 41.4 Å². The van der Waals surface area contributed by atoms with Crippen molar-refractivity contribution in [2.45, 2.75) is 13.5 Å². The van der Waals surface area contributed by atoms with Gasteiger partial charge in [-0.3, -0.25) is 14.4 Å². The molecule has 1 aromatic carbocycles. The third-order valence-corrected chi connectivity index (χ3v) is 5.34. The summed E-state index contributed by atoms with van der Waals surface area (Å²) in [5.41, 5.74) is 1.96. The minimum atomic E-state index is -0.341. The first-order valence-electron chi connectivity index (χ1n) is 8.01. The van der Waals surface area contributed by atoms with Gasteiger partial charge in [0.1, 0.15) is 5.82 Å². The monoisotopic (exact) mass is 384 g/mol. The van der Waals surface area contributed by atoms with Crippen molar-refractivity contribution >= 4 is 29.1 Å². The Balaban J connectivity index is 1.61. The first-order chi connectivity index (χ1) is 11.9. The summed E-state index contributed by atoms with van der Waals surface area (Å²) in [6.07, 6.45) is 0. The van der Waals surface area contributed by atoms with E-state index in [1.165, 1.54) is 12.1 Å². The van der Waals surface area contributed by atoms with E-state index in [9.17, 15) is 9.18 Å². The number of aryl methyl sites for hydroxylation is 1. The number of hydrogen-bond donors (Lipinski definition) is 0. The van der Waals surface area contributed by atoms with Gasteiger partial charge >= 0.3 is 0 Å². The summed E-state index contributed by atoms with van der Waals surface area (Å²) in [6, 6.07) is 4.43. The normalized spacial score (nSPS) is 15.6. The lowest BCUT2D eigenvalue weighted by atomic mass is 10.2. The number of hydrogen-bond acceptors (Lipinski definition) is 3. The molecule has 1 saturated heterocycles. The molecular weight excluding hydrogens is 366 g/mol. The average molecular weight is 385 g/mol. The van der Waals surface area contributed by atoms with E-state index in [4.69, 9.17) is 23.2 Å². The van der Waals surface area contributed by atoms with Gasteiger partial charge in [-0.2, -0.15) is 5.10 Å². The van der Waals surface area contributed by atoms with Crippen LogP contribution >= 0.6 is 23.2 Å². The Morgan fingerprint density at radius 2 is 1.92 bits per heavy atom. The number of carbonyl (C=O) groups excluding carboxylic acids is 1. The molecule has 0 aliphatic carbocycles. The molecule has 1 amide bonds. The van der Waals surface area contributed by atoms with Gasteiger partial charge in [-0.15, -0.1) is 0 Å². The summed E-state index contributed by atoms with van der Waals surface area (Å²) in [6.45, 7) is 5.06. The molecule has 3 rings (SSSR count). The molecule has 2 heterocycles. The maximum atomic E-state index is 13.1. The summed E-state index contributed by atoms with van der Waals surface area (Å²) in [5.74, 6) is -0.486. The van der Waals surface area contributed by atoms with Gasteiger partial charge in [0, 0.05) is 44.8 Å². The molecule has 1 aromatic heterocycles. The smallest absolute Gasteiger partial charge is 0.276 e. The van der Waals surface area contributed by atoms with Crippen LogP contribution in [0.5, 0.6) is 0 Å². The van der Waals surface area contributed by atoms with Crippen molar-refractivity contribution in [1.29, 1.82) is 0 Å². The molecule has 0 radical (unpaired) electrons. The van der Waals surface area contributed by atoms with E-state index in [2.05, 4.69) is 10.00 Å². The highest BCUT2D eigenvalue weighted by molar-refractivity contribution is 6.34. The van der Waals surface area contributed by atoms with E-state index in [0.29, 0.717) is 48.5 Å². The molecule has 0 atom stereocenters. The fourth-order valence-corrected chi connectivity index (χ4v) is 3.34. The summed E-state index contributed by atoms with van der Waals surface area (Å²) in [4.78, 5) is 16.6. The fourth-order valence-electron chi connectivity index (χ4n) is 2.87. The van der Waals surface area contributed by atoms with E-state index in [0.717, 1.165) is 11.3 Å². The molecule has 1 aliphatic heterocycles. The quantitative estimate of drug-likeness (QED) is 0.815. The van der Waals surface area contributed by atoms with Gasteiger partial charge in [-0.25, -0.2) is 4.39 Å². The Morgan fingerprint density at radius 3 is 2.48 bits per heavy atom. The van der Waals surface area contributed by atoms with Crippen LogP contribution in [0.25, 0.3) is 0 Å². The predicted molar refractivity (Wildman–Crippen MR) is 95.5 cm³/mol. The lowest BCUT2D eigenvalue weighted by Gasteiger charge is -2.34. The van der Waals surface area contributed by atoms with Gasteiger partial charge in [0.2, 0.25) is 0 Å². The van der Waals surface area contributed by atoms with Crippen LogP contribution in [0.4, 0.5) is 4.39 Å². The molecule has 2 aromatic rings. The van der Waals surface area contributed by atoms with Crippen LogP contribution in [0, 0.1) is 12.7 Å². The van der Waals surface area contributed by atoms with Crippen LogP contribution in [0.2, 0.25) is 10.0 Å². The van der Waals surface area contributed by atoms with Gasteiger partial charge in [-0.05, 0) is 24.6 Å². The minimum Gasteiger partial charge on any atom is -0.335 e. The van der Waals surface area contributed by atoms with Crippen molar-refractivity contribution in [3.8, 4) is 0 Å². The van der Waals surface area contributed by atoms with Gasteiger partial charge in [0.15, 0.2) is 5.69 Å². The molecule has 0 spiro atoms. The van der Waals surface area contributed by atoms with Crippen molar-refractivity contribution < 1.29 is 9.18 Å². The molecule has 0 N–H and O–H groups in total. The second kappa shape index (κ2) is 7.32. The second-order valence-electron chi connectivity index (χ2n) is 6.18. The van der Waals surface area contributed by atoms with Gasteiger partial charge in [-0.1, -0.05) is 29.3 Å². The lowest BCUT2D eigenvalue weighted by molar-refractivity contribution is 0.0622. The number of piperazine rings is 1. The molecule has 0 bridgehead atoms. The Morgan fingerprint density at radius 1 is 1.24 bits per heavy atom. The van der Waals surface area contributed by atoms with E-state index in [1.54, 1.807) is 22.7 Å². The predicted octanol–water partition coefficient (Wildman–Crippen LogP) is 3.13. The van der Waals surface area contributed by atoms with E-state index >= 15 is 0 Å². The first-order valence-corrected chi connectivity index (χ1v) is 8.77. The molecule has 134 valence electrons. The fraction of sp³-hybridized carbons (Fsp3) is 0.412. The highest BCUT2D eigenvalue weighted by Gasteiger charge is 2.27. The Labute approximate surface area is 155 Å². The summed E-state index contributed by atoms with van der Waals surface area (Å²) in [7, 11) is 1.77. The highest BCUT2D eigenvalue weighted by atomic mass is 35.5. The Bertz CT molecular complexity index is 800. The number of benzene rings is 1. The maximum Gasteiger partial charge on any atom is 0.276 e.